The number of H-pyrrole nitrogens is 1. The second-order valence-electron chi connectivity index (χ2n) is 6.72. The number of fused-ring (bicyclic) bond motifs is 1. The molecule has 0 saturated heterocycles. The van der Waals surface area contributed by atoms with Gasteiger partial charge in [-0.15, -0.1) is 0 Å². The van der Waals surface area contributed by atoms with Gasteiger partial charge >= 0.3 is 0 Å². The highest BCUT2D eigenvalue weighted by Crippen LogP contribution is 2.33. The van der Waals surface area contributed by atoms with Crippen molar-refractivity contribution in [3.05, 3.63) is 76.8 Å². The van der Waals surface area contributed by atoms with Crippen LogP contribution < -0.4 is 20.1 Å². The van der Waals surface area contributed by atoms with Gasteiger partial charge in [-0.2, -0.15) is 5.10 Å². The Morgan fingerprint density at radius 3 is 2.87 bits per heavy atom. The maximum atomic E-state index is 12.5. The van der Waals surface area contributed by atoms with Crippen LogP contribution in [0.5, 0.6) is 11.5 Å². The number of hydrogen-bond acceptors (Lipinski definition) is 5. The van der Waals surface area contributed by atoms with Gasteiger partial charge < -0.3 is 20.1 Å². The second kappa shape index (κ2) is 8.12. The number of amides is 2. The van der Waals surface area contributed by atoms with Crippen molar-refractivity contribution in [2.24, 2.45) is 0 Å². The molecule has 152 valence electrons. The minimum absolute atomic E-state index is 0.139. The summed E-state index contributed by atoms with van der Waals surface area (Å²) in [7, 11) is 1.56. The number of carbonyl (C=O) groups excluding carboxylic acids is 2. The molecule has 2 amide bonds. The van der Waals surface area contributed by atoms with Gasteiger partial charge in [-0.1, -0.05) is 18.2 Å². The zero-order valence-electron chi connectivity index (χ0n) is 16.5. The van der Waals surface area contributed by atoms with E-state index >= 15 is 0 Å². The van der Waals surface area contributed by atoms with Crippen LogP contribution in [0, 0.1) is 6.92 Å². The van der Waals surface area contributed by atoms with Crippen LogP contribution in [0.2, 0.25) is 0 Å². The number of anilines is 1. The highest BCUT2D eigenvalue weighted by Gasteiger charge is 2.23. The molecular weight excluding hydrogens is 384 g/mol. The predicted octanol–water partition coefficient (Wildman–Crippen LogP) is 3.03. The molecule has 2 aromatic carbocycles. The molecule has 4 rings (SSSR count). The average Bonchev–Trinajstić information content (AvgIpc) is 3.17. The van der Waals surface area contributed by atoms with Crippen molar-refractivity contribution >= 4 is 23.6 Å². The van der Waals surface area contributed by atoms with Crippen LogP contribution in [0.25, 0.3) is 6.08 Å². The number of aryl methyl sites for hydroxylation is 1. The summed E-state index contributed by atoms with van der Waals surface area (Å²) < 4.78 is 11.1. The fraction of sp³-hybridized carbons (Fsp3) is 0.136. The van der Waals surface area contributed by atoms with E-state index < -0.39 is 5.91 Å². The van der Waals surface area contributed by atoms with Crippen molar-refractivity contribution in [3.8, 4) is 11.5 Å². The van der Waals surface area contributed by atoms with E-state index in [1.54, 1.807) is 43.6 Å². The average molecular weight is 404 g/mol. The third-order valence-corrected chi connectivity index (χ3v) is 4.73. The number of aromatic nitrogens is 2. The molecule has 0 atom stereocenters. The molecule has 1 aliphatic rings. The maximum Gasteiger partial charge on any atom is 0.291 e. The third kappa shape index (κ3) is 3.88. The van der Waals surface area contributed by atoms with Gasteiger partial charge in [0.2, 0.25) is 0 Å². The predicted molar refractivity (Wildman–Crippen MR) is 111 cm³/mol. The summed E-state index contributed by atoms with van der Waals surface area (Å²) in [6.45, 7) is 2.24. The van der Waals surface area contributed by atoms with Crippen molar-refractivity contribution in [3.63, 3.8) is 0 Å². The Bertz CT molecular complexity index is 1150. The number of nitrogens with zero attached hydrogens (tertiary/aromatic N) is 1. The maximum absolute atomic E-state index is 12.5. The van der Waals surface area contributed by atoms with E-state index in [1.165, 1.54) is 0 Å². The Hall–Kier alpha value is -4.07. The van der Waals surface area contributed by atoms with Crippen LogP contribution in [-0.2, 0) is 11.3 Å². The van der Waals surface area contributed by atoms with Crippen LogP contribution in [0.4, 0.5) is 5.69 Å². The van der Waals surface area contributed by atoms with Crippen LogP contribution >= 0.6 is 0 Å². The number of rotatable bonds is 5. The number of para-hydroxylation sites is 1. The Labute approximate surface area is 172 Å². The Morgan fingerprint density at radius 2 is 2.10 bits per heavy atom. The first-order chi connectivity index (χ1) is 14.5. The molecule has 0 radical (unpaired) electrons. The molecule has 2 heterocycles. The molecule has 0 fully saturated rings. The molecule has 1 aromatic heterocycles. The first-order valence-corrected chi connectivity index (χ1v) is 9.30. The first-order valence-electron chi connectivity index (χ1n) is 9.30. The van der Waals surface area contributed by atoms with Crippen LogP contribution in [0.15, 0.2) is 54.4 Å². The molecule has 0 spiro atoms. The number of hydrogen-bond donors (Lipinski definition) is 3. The monoisotopic (exact) mass is 404 g/mol. The number of benzene rings is 2. The van der Waals surface area contributed by atoms with Crippen molar-refractivity contribution in [1.29, 1.82) is 0 Å². The summed E-state index contributed by atoms with van der Waals surface area (Å²) in [5.41, 5.74) is 3.37. The van der Waals surface area contributed by atoms with E-state index in [4.69, 9.17) is 9.47 Å². The highest BCUT2D eigenvalue weighted by atomic mass is 16.5. The number of carbonyl (C=O) groups is 2. The van der Waals surface area contributed by atoms with Gasteiger partial charge in [0.1, 0.15) is 5.75 Å². The molecule has 8 heteroatoms. The summed E-state index contributed by atoms with van der Waals surface area (Å²) in [6, 6.07) is 12.2. The quantitative estimate of drug-likeness (QED) is 0.567. The van der Waals surface area contributed by atoms with Gasteiger partial charge in [-0.05, 0) is 37.3 Å². The summed E-state index contributed by atoms with van der Waals surface area (Å²) in [5.74, 6) is 0.563. The molecule has 30 heavy (non-hydrogen) atoms. The molecule has 0 unspecified atom stereocenters. The largest absolute Gasteiger partial charge is 0.496 e. The second-order valence-corrected chi connectivity index (χ2v) is 6.72. The number of nitrogens with one attached hydrogen (secondary N) is 3. The summed E-state index contributed by atoms with van der Waals surface area (Å²) >= 11 is 0. The van der Waals surface area contributed by atoms with Crippen LogP contribution in [-0.4, -0.2) is 29.1 Å². The summed E-state index contributed by atoms with van der Waals surface area (Å²) in [5, 5.41) is 12.4. The van der Waals surface area contributed by atoms with E-state index in [-0.39, 0.29) is 11.7 Å². The molecule has 3 N–H and O–H groups in total. The lowest BCUT2D eigenvalue weighted by Crippen LogP contribution is -2.26. The molecule has 0 saturated carbocycles. The Balaban J connectivity index is 1.51. The lowest BCUT2D eigenvalue weighted by Gasteiger charge is -2.20. The van der Waals surface area contributed by atoms with E-state index in [1.807, 2.05) is 25.1 Å². The smallest absolute Gasteiger partial charge is 0.291 e. The number of aromatic amines is 1. The minimum Gasteiger partial charge on any atom is -0.496 e. The molecule has 8 nitrogen and oxygen atoms in total. The van der Waals surface area contributed by atoms with E-state index in [2.05, 4.69) is 20.8 Å². The lowest BCUT2D eigenvalue weighted by molar-refractivity contribution is -0.115. The zero-order valence-corrected chi connectivity index (χ0v) is 16.5. The third-order valence-electron chi connectivity index (χ3n) is 4.73. The first kappa shape index (κ1) is 19.3. The normalized spacial score (nSPS) is 13.9. The van der Waals surface area contributed by atoms with Gasteiger partial charge in [-0.25, -0.2) is 0 Å². The van der Waals surface area contributed by atoms with E-state index in [0.29, 0.717) is 29.3 Å². The number of methoxy groups -OCH3 is 1. The molecular formula is C22H20N4O4. The zero-order chi connectivity index (χ0) is 21.1. The topological polar surface area (TPSA) is 105 Å². The minimum atomic E-state index is -0.403. The van der Waals surface area contributed by atoms with Gasteiger partial charge in [0.15, 0.2) is 11.5 Å². The van der Waals surface area contributed by atoms with Gasteiger partial charge in [0.25, 0.3) is 11.8 Å². The SMILES string of the molecule is COc1ccccc1/C=C1\Oc2ccc(C(=O)NCc3cn[nH]c3C)cc2NC1=O. The molecule has 3 aromatic rings. The van der Waals surface area contributed by atoms with Gasteiger partial charge in [0.05, 0.1) is 19.0 Å². The fourth-order valence-corrected chi connectivity index (χ4v) is 3.06. The standard InChI is InChI=1S/C22H20N4O4/c1-13-16(12-24-26-13)11-23-21(27)15-7-8-19-17(9-15)25-22(28)20(30-19)10-14-5-3-4-6-18(14)29-2/h3-10,12H,11H2,1-2H3,(H,23,27)(H,24,26)(H,25,28)/b20-10-. The summed E-state index contributed by atoms with van der Waals surface area (Å²) in [4.78, 5) is 25.0. The molecule has 0 aliphatic carbocycles. The van der Waals surface area contributed by atoms with E-state index in [9.17, 15) is 9.59 Å². The fourth-order valence-electron chi connectivity index (χ4n) is 3.06. The summed E-state index contributed by atoms with van der Waals surface area (Å²) in [6.07, 6.45) is 3.29. The Kier molecular flexibility index (Phi) is 5.21. The highest BCUT2D eigenvalue weighted by molar-refractivity contribution is 6.09. The Morgan fingerprint density at radius 1 is 1.27 bits per heavy atom. The van der Waals surface area contributed by atoms with E-state index in [0.717, 1.165) is 16.8 Å². The van der Waals surface area contributed by atoms with Crippen molar-refractivity contribution in [2.45, 2.75) is 13.5 Å². The van der Waals surface area contributed by atoms with Crippen LogP contribution in [0.3, 0.4) is 0 Å². The molecule has 0 bridgehead atoms. The van der Waals surface area contributed by atoms with Crippen molar-refractivity contribution in [2.75, 3.05) is 12.4 Å². The van der Waals surface area contributed by atoms with Gasteiger partial charge in [0, 0.05) is 28.9 Å². The number of ether oxygens (including phenoxy) is 2. The lowest BCUT2D eigenvalue weighted by atomic mass is 10.1. The van der Waals surface area contributed by atoms with Gasteiger partial charge in [-0.3, -0.25) is 14.7 Å². The van der Waals surface area contributed by atoms with Crippen molar-refractivity contribution < 1.29 is 19.1 Å². The van der Waals surface area contributed by atoms with Crippen LogP contribution in [0.1, 0.15) is 27.2 Å². The van der Waals surface area contributed by atoms with Crippen molar-refractivity contribution in [1.82, 2.24) is 15.5 Å². The molecule has 1 aliphatic heterocycles.